The highest BCUT2D eigenvalue weighted by Gasteiger charge is 2.31. The molecule has 0 saturated heterocycles. The number of alkyl carbamates (subject to hydrolysis) is 1. The third kappa shape index (κ3) is 9.48. The van der Waals surface area contributed by atoms with Crippen LogP contribution in [-0.2, 0) is 20.9 Å². The summed E-state index contributed by atoms with van der Waals surface area (Å²) in [5.41, 5.74) is 2.59. The Bertz CT molecular complexity index is 1210. The first-order chi connectivity index (χ1) is 20.0. The van der Waals surface area contributed by atoms with Crippen molar-refractivity contribution in [1.82, 2.24) is 25.5 Å². The van der Waals surface area contributed by atoms with Gasteiger partial charge in [0.1, 0.15) is 6.61 Å². The van der Waals surface area contributed by atoms with Gasteiger partial charge < -0.3 is 25.3 Å². The van der Waals surface area contributed by atoms with Gasteiger partial charge >= 0.3 is 6.09 Å². The fourth-order valence-corrected chi connectivity index (χ4v) is 5.28. The van der Waals surface area contributed by atoms with Crippen LogP contribution in [0.5, 0.6) is 0 Å². The van der Waals surface area contributed by atoms with Gasteiger partial charge in [0.05, 0.1) is 18.8 Å². The minimum absolute atomic E-state index is 0.0163. The van der Waals surface area contributed by atoms with Crippen molar-refractivity contribution >= 4 is 17.9 Å². The highest BCUT2D eigenvalue weighted by molar-refractivity contribution is 5.88. The van der Waals surface area contributed by atoms with E-state index < -0.39 is 12.0 Å². The maximum absolute atomic E-state index is 14.0. The lowest BCUT2D eigenvalue weighted by molar-refractivity contribution is -0.138. The number of aromatic amines is 1. The second-order valence-electron chi connectivity index (χ2n) is 10.8. The molecule has 1 aromatic heterocycles. The molecule has 0 radical (unpaired) electrons. The number of carbonyl (C=O) groups excluding carboxylic acids is 3. The minimum atomic E-state index is -0.735. The third-order valence-corrected chi connectivity index (χ3v) is 7.68. The number of ether oxygens (including phenoxy) is 1. The number of benzene rings is 2. The topological polar surface area (TPSA) is 116 Å². The smallest absolute Gasteiger partial charge is 0.407 e. The van der Waals surface area contributed by atoms with Crippen molar-refractivity contribution in [2.24, 2.45) is 5.92 Å². The van der Waals surface area contributed by atoms with E-state index in [1.165, 1.54) is 12.7 Å². The van der Waals surface area contributed by atoms with Crippen LogP contribution in [0.2, 0.25) is 0 Å². The maximum Gasteiger partial charge on any atom is 0.407 e. The second-order valence-corrected chi connectivity index (χ2v) is 10.8. The van der Waals surface area contributed by atoms with E-state index in [1.54, 1.807) is 11.1 Å². The Morgan fingerprint density at radius 1 is 0.976 bits per heavy atom. The highest BCUT2D eigenvalue weighted by atomic mass is 16.5. The Morgan fingerprint density at radius 2 is 1.68 bits per heavy atom. The Morgan fingerprint density at radius 3 is 2.37 bits per heavy atom. The van der Waals surface area contributed by atoms with E-state index in [2.05, 4.69) is 27.5 Å². The van der Waals surface area contributed by atoms with Gasteiger partial charge in [0.2, 0.25) is 11.8 Å². The largest absolute Gasteiger partial charge is 0.445 e. The number of amides is 3. The summed E-state index contributed by atoms with van der Waals surface area (Å²) in [6, 6.07) is 19.4. The summed E-state index contributed by atoms with van der Waals surface area (Å²) < 4.78 is 5.35. The molecule has 41 heavy (non-hydrogen) atoms. The summed E-state index contributed by atoms with van der Waals surface area (Å²) in [5.74, 6) is -0.673. The molecule has 1 unspecified atom stereocenters. The molecule has 0 bridgehead atoms. The van der Waals surface area contributed by atoms with E-state index in [-0.39, 0.29) is 37.4 Å². The predicted octanol–water partition coefficient (Wildman–Crippen LogP) is 4.75. The Kier molecular flexibility index (Phi) is 11.3. The van der Waals surface area contributed by atoms with Crippen molar-refractivity contribution in [3.05, 3.63) is 90.0 Å². The molecule has 3 aromatic rings. The molecule has 0 aliphatic heterocycles. The number of aromatic nitrogens is 2. The van der Waals surface area contributed by atoms with Gasteiger partial charge in [0.15, 0.2) is 0 Å². The lowest BCUT2D eigenvalue weighted by Gasteiger charge is -2.32. The molecular weight excluding hydrogens is 518 g/mol. The van der Waals surface area contributed by atoms with E-state index in [1.807, 2.05) is 60.7 Å². The summed E-state index contributed by atoms with van der Waals surface area (Å²) in [7, 11) is 0. The van der Waals surface area contributed by atoms with Crippen LogP contribution >= 0.6 is 0 Å². The molecule has 1 fully saturated rings. The van der Waals surface area contributed by atoms with E-state index in [0.29, 0.717) is 24.7 Å². The number of hydrogen-bond acceptors (Lipinski definition) is 5. The quantitative estimate of drug-likeness (QED) is 0.280. The van der Waals surface area contributed by atoms with Crippen molar-refractivity contribution in [2.45, 2.75) is 57.5 Å². The zero-order chi connectivity index (χ0) is 28.9. The van der Waals surface area contributed by atoms with Gasteiger partial charge in [-0.05, 0) is 35.8 Å². The lowest BCUT2D eigenvalue weighted by atomic mass is 9.88. The Hall–Kier alpha value is -4.14. The summed E-state index contributed by atoms with van der Waals surface area (Å²) in [6.45, 7) is 3.15. The van der Waals surface area contributed by atoms with Crippen molar-refractivity contribution < 1.29 is 19.1 Å². The van der Waals surface area contributed by atoms with E-state index in [0.717, 1.165) is 36.8 Å². The number of hydrogen-bond donors (Lipinski definition) is 3. The third-order valence-electron chi connectivity index (χ3n) is 7.68. The Labute approximate surface area is 242 Å². The molecule has 3 amide bonds. The molecule has 4 rings (SSSR count). The number of nitrogens with zero attached hydrogens (tertiary/aromatic N) is 2. The van der Waals surface area contributed by atoms with Crippen LogP contribution in [0.15, 0.2) is 73.2 Å². The van der Waals surface area contributed by atoms with Crippen LogP contribution in [0.25, 0.3) is 0 Å². The van der Waals surface area contributed by atoms with Crippen molar-refractivity contribution in [1.29, 1.82) is 0 Å². The van der Waals surface area contributed by atoms with E-state index in [9.17, 15) is 14.4 Å². The number of H-pyrrole nitrogens is 1. The van der Waals surface area contributed by atoms with Crippen LogP contribution in [-0.4, -0.2) is 59.0 Å². The van der Waals surface area contributed by atoms with Gasteiger partial charge in [-0.25, -0.2) is 9.78 Å². The molecule has 1 saturated carbocycles. The average Bonchev–Trinajstić information content (AvgIpc) is 3.55. The molecule has 3 N–H and O–H groups in total. The van der Waals surface area contributed by atoms with E-state index >= 15 is 0 Å². The SMILES string of the molecule is CC(CNC(=O)CN(CC1CCCCC1)C(=O)[C@@H](CNC(=O)OCc1ccccc1)c1cnc[nH]1)c1ccccc1. The van der Waals surface area contributed by atoms with Gasteiger partial charge in [-0.3, -0.25) is 9.59 Å². The lowest BCUT2D eigenvalue weighted by Crippen LogP contribution is -2.47. The molecule has 1 aliphatic rings. The number of imidazole rings is 1. The van der Waals surface area contributed by atoms with Gasteiger partial charge in [-0.1, -0.05) is 86.8 Å². The normalized spacial score (nSPS) is 15.0. The summed E-state index contributed by atoms with van der Waals surface area (Å²) in [4.78, 5) is 48.4. The molecule has 9 nitrogen and oxygen atoms in total. The van der Waals surface area contributed by atoms with Crippen molar-refractivity contribution in [3.63, 3.8) is 0 Å². The predicted molar refractivity (Wildman–Crippen MR) is 157 cm³/mol. The van der Waals surface area contributed by atoms with Crippen LogP contribution < -0.4 is 10.6 Å². The zero-order valence-corrected chi connectivity index (χ0v) is 23.8. The molecule has 1 aliphatic carbocycles. The Balaban J connectivity index is 1.40. The van der Waals surface area contributed by atoms with Gasteiger partial charge in [-0.15, -0.1) is 0 Å². The van der Waals surface area contributed by atoms with Gasteiger partial charge in [-0.2, -0.15) is 0 Å². The van der Waals surface area contributed by atoms with Crippen LogP contribution in [0, 0.1) is 5.92 Å². The molecule has 0 spiro atoms. The monoisotopic (exact) mass is 559 g/mol. The number of nitrogens with one attached hydrogen (secondary N) is 3. The van der Waals surface area contributed by atoms with Crippen LogP contribution in [0.3, 0.4) is 0 Å². The molecule has 2 atom stereocenters. The minimum Gasteiger partial charge on any atom is -0.445 e. The van der Waals surface area contributed by atoms with Gasteiger partial charge in [0, 0.05) is 31.5 Å². The fourth-order valence-electron chi connectivity index (χ4n) is 5.28. The second kappa shape index (κ2) is 15.6. The molecule has 2 aromatic carbocycles. The summed E-state index contributed by atoms with van der Waals surface area (Å²) in [5, 5.41) is 5.75. The standard InChI is InChI=1S/C32H41N5O4/c1-24(27-15-9-4-10-16-27)17-34-30(38)21-37(20-25-11-5-2-6-12-25)31(39)28(29-19-33-23-36-29)18-35-32(40)41-22-26-13-7-3-8-14-26/h3-4,7-10,13-16,19,23-25,28H,2,5-6,11-12,17-18,20-22H2,1H3,(H,33,36)(H,34,38)(H,35,40)/t24?,28-/m0/s1. The molecule has 218 valence electrons. The number of carbonyl (C=O) groups is 3. The van der Waals surface area contributed by atoms with E-state index in [4.69, 9.17) is 4.74 Å². The first kappa shape index (κ1) is 29.8. The first-order valence-corrected chi connectivity index (χ1v) is 14.5. The molecular formula is C32H41N5O4. The number of rotatable bonds is 13. The molecule has 9 heteroatoms. The zero-order valence-electron chi connectivity index (χ0n) is 23.8. The van der Waals surface area contributed by atoms with Crippen LogP contribution in [0.1, 0.15) is 67.7 Å². The van der Waals surface area contributed by atoms with Crippen molar-refractivity contribution in [2.75, 3.05) is 26.2 Å². The van der Waals surface area contributed by atoms with Crippen molar-refractivity contribution in [3.8, 4) is 0 Å². The average molecular weight is 560 g/mol. The summed E-state index contributed by atoms with van der Waals surface area (Å²) in [6.07, 6.45) is 8.02. The van der Waals surface area contributed by atoms with Crippen LogP contribution in [0.4, 0.5) is 4.79 Å². The summed E-state index contributed by atoms with van der Waals surface area (Å²) >= 11 is 0. The molecule has 1 heterocycles. The highest BCUT2D eigenvalue weighted by Crippen LogP contribution is 2.26. The first-order valence-electron chi connectivity index (χ1n) is 14.5. The maximum atomic E-state index is 14.0. The fraction of sp³-hybridized carbons (Fsp3) is 0.438. The van der Waals surface area contributed by atoms with Gasteiger partial charge in [0.25, 0.3) is 0 Å².